The quantitative estimate of drug-likeness (QED) is 0.627. The Bertz CT molecular complexity index is 519. The second kappa shape index (κ2) is 4.69. The van der Waals surface area contributed by atoms with Crippen molar-refractivity contribution in [3.05, 3.63) is 52.7 Å². The Balaban J connectivity index is 2.47. The third-order valence-corrected chi connectivity index (χ3v) is 2.95. The molecule has 0 aromatic carbocycles. The monoisotopic (exact) mass is 231 g/mol. The van der Waals surface area contributed by atoms with E-state index in [0.717, 1.165) is 28.2 Å². The molecule has 0 aliphatic rings. The van der Waals surface area contributed by atoms with Crippen LogP contribution in [0.1, 0.15) is 34.3 Å². The number of nitrogens with zero attached hydrogens (tertiary/aromatic N) is 1. The first-order valence-electron chi connectivity index (χ1n) is 5.57. The first-order valence-corrected chi connectivity index (χ1v) is 5.57. The van der Waals surface area contributed by atoms with Gasteiger partial charge in [0.25, 0.3) is 0 Å². The maximum absolute atomic E-state index is 5.66. The zero-order chi connectivity index (χ0) is 12.4. The van der Waals surface area contributed by atoms with Gasteiger partial charge in [0, 0.05) is 18.0 Å². The molecule has 2 rings (SSSR count). The van der Waals surface area contributed by atoms with Crippen molar-refractivity contribution in [3.8, 4) is 0 Å². The van der Waals surface area contributed by atoms with E-state index in [2.05, 4.69) is 10.4 Å². The van der Waals surface area contributed by atoms with E-state index in [-0.39, 0.29) is 6.04 Å². The molecule has 0 radical (unpaired) electrons. The SMILES string of the molecule is Cc1cc(C(NN)c2cnccc2C)c(C)o1. The van der Waals surface area contributed by atoms with Crippen molar-refractivity contribution in [2.24, 2.45) is 5.84 Å². The molecule has 2 heterocycles. The number of aryl methyl sites for hydroxylation is 3. The zero-order valence-electron chi connectivity index (χ0n) is 10.3. The molecule has 0 aliphatic heterocycles. The summed E-state index contributed by atoms with van der Waals surface area (Å²) < 4.78 is 5.54. The fourth-order valence-corrected chi connectivity index (χ4v) is 2.06. The number of aromatic nitrogens is 1. The summed E-state index contributed by atoms with van der Waals surface area (Å²) in [5.41, 5.74) is 6.11. The van der Waals surface area contributed by atoms with E-state index in [1.165, 1.54) is 0 Å². The first-order chi connectivity index (χ1) is 8.13. The maximum Gasteiger partial charge on any atom is 0.106 e. The molecule has 1 atom stereocenters. The summed E-state index contributed by atoms with van der Waals surface area (Å²) in [5.74, 6) is 7.44. The van der Waals surface area contributed by atoms with Gasteiger partial charge in [-0.25, -0.2) is 5.43 Å². The molecule has 0 saturated carbocycles. The Morgan fingerprint density at radius 2 is 2.06 bits per heavy atom. The number of hydrogen-bond donors (Lipinski definition) is 2. The highest BCUT2D eigenvalue weighted by Crippen LogP contribution is 2.28. The molecule has 17 heavy (non-hydrogen) atoms. The van der Waals surface area contributed by atoms with Crippen LogP contribution in [0.15, 0.2) is 28.9 Å². The number of nitrogens with one attached hydrogen (secondary N) is 1. The van der Waals surface area contributed by atoms with E-state index in [1.54, 1.807) is 6.20 Å². The van der Waals surface area contributed by atoms with Crippen molar-refractivity contribution in [2.75, 3.05) is 0 Å². The Kier molecular flexibility index (Phi) is 3.26. The van der Waals surface area contributed by atoms with Crippen molar-refractivity contribution in [1.29, 1.82) is 0 Å². The highest BCUT2D eigenvalue weighted by molar-refractivity contribution is 5.36. The summed E-state index contributed by atoms with van der Waals surface area (Å²) in [6.07, 6.45) is 3.61. The van der Waals surface area contributed by atoms with Gasteiger partial charge in [-0.3, -0.25) is 10.8 Å². The minimum absolute atomic E-state index is 0.0823. The number of pyridine rings is 1. The van der Waals surface area contributed by atoms with Crippen molar-refractivity contribution in [3.63, 3.8) is 0 Å². The summed E-state index contributed by atoms with van der Waals surface area (Å²) in [6, 6.07) is 3.90. The van der Waals surface area contributed by atoms with Gasteiger partial charge in [0.1, 0.15) is 11.5 Å². The maximum atomic E-state index is 5.66. The van der Waals surface area contributed by atoms with Crippen LogP contribution in [-0.4, -0.2) is 4.98 Å². The average molecular weight is 231 g/mol. The van der Waals surface area contributed by atoms with Gasteiger partial charge < -0.3 is 4.42 Å². The Morgan fingerprint density at radius 1 is 1.29 bits per heavy atom. The van der Waals surface area contributed by atoms with Gasteiger partial charge in [0.05, 0.1) is 6.04 Å². The third-order valence-electron chi connectivity index (χ3n) is 2.95. The molecule has 90 valence electrons. The molecule has 2 aromatic heterocycles. The molecule has 0 saturated heterocycles. The minimum atomic E-state index is -0.0823. The lowest BCUT2D eigenvalue weighted by molar-refractivity contribution is 0.494. The largest absolute Gasteiger partial charge is 0.466 e. The van der Waals surface area contributed by atoms with Gasteiger partial charge >= 0.3 is 0 Å². The van der Waals surface area contributed by atoms with Crippen LogP contribution in [-0.2, 0) is 0 Å². The van der Waals surface area contributed by atoms with E-state index in [0.29, 0.717) is 0 Å². The van der Waals surface area contributed by atoms with Crippen LogP contribution in [0.2, 0.25) is 0 Å². The van der Waals surface area contributed by atoms with Gasteiger partial charge in [0.15, 0.2) is 0 Å². The molecule has 2 aromatic rings. The van der Waals surface area contributed by atoms with Crippen LogP contribution >= 0.6 is 0 Å². The molecule has 0 aliphatic carbocycles. The lowest BCUT2D eigenvalue weighted by atomic mass is 9.97. The zero-order valence-corrected chi connectivity index (χ0v) is 10.3. The Labute approximate surface area is 101 Å². The van der Waals surface area contributed by atoms with Crippen LogP contribution in [0.4, 0.5) is 0 Å². The lowest BCUT2D eigenvalue weighted by Gasteiger charge is -2.17. The second-order valence-electron chi connectivity index (χ2n) is 4.20. The standard InChI is InChI=1S/C13H17N3O/c1-8-4-5-15-7-12(8)13(16-14)11-6-9(2)17-10(11)3/h4-7,13,16H,14H2,1-3H3. The van der Waals surface area contributed by atoms with Crippen LogP contribution in [0.5, 0.6) is 0 Å². The highest BCUT2D eigenvalue weighted by atomic mass is 16.3. The van der Waals surface area contributed by atoms with Crippen molar-refractivity contribution in [1.82, 2.24) is 10.4 Å². The van der Waals surface area contributed by atoms with E-state index in [4.69, 9.17) is 10.3 Å². The molecule has 0 fully saturated rings. The fourth-order valence-electron chi connectivity index (χ4n) is 2.06. The first kappa shape index (κ1) is 11.8. The summed E-state index contributed by atoms with van der Waals surface area (Å²) in [5, 5.41) is 0. The molecule has 0 bridgehead atoms. The Hall–Kier alpha value is -1.65. The minimum Gasteiger partial charge on any atom is -0.466 e. The van der Waals surface area contributed by atoms with Crippen LogP contribution in [0, 0.1) is 20.8 Å². The molecular formula is C13H17N3O. The third kappa shape index (κ3) is 2.23. The van der Waals surface area contributed by atoms with E-state index < -0.39 is 0 Å². The number of nitrogens with two attached hydrogens (primary N) is 1. The molecule has 1 unspecified atom stereocenters. The van der Waals surface area contributed by atoms with E-state index >= 15 is 0 Å². The fraction of sp³-hybridized carbons (Fsp3) is 0.308. The van der Waals surface area contributed by atoms with Gasteiger partial charge in [-0.05, 0) is 44.0 Å². The van der Waals surface area contributed by atoms with Crippen molar-refractivity contribution in [2.45, 2.75) is 26.8 Å². The topological polar surface area (TPSA) is 64.1 Å². The predicted molar refractivity (Wildman–Crippen MR) is 66.3 cm³/mol. The molecule has 0 spiro atoms. The van der Waals surface area contributed by atoms with Crippen LogP contribution in [0.25, 0.3) is 0 Å². The lowest BCUT2D eigenvalue weighted by Crippen LogP contribution is -2.29. The normalized spacial score (nSPS) is 12.7. The number of hydrazine groups is 1. The molecule has 0 amide bonds. The number of hydrogen-bond acceptors (Lipinski definition) is 4. The predicted octanol–water partition coefficient (Wildman–Crippen LogP) is 2.15. The van der Waals surface area contributed by atoms with Crippen LogP contribution < -0.4 is 11.3 Å². The van der Waals surface area contributed by atoms with Gasteiger partial charge in [0.2, 0.25) is 0 Å². The highest BCUT2D eigenvalue weighted by Gasteiger charge is 2.19. The molecular weight excluding hydrogens is 214 g/mol. The second-order valence-corrected chi connectivity index (χ2v) is 4.20. The summed E-state index contributed by atoms with van der Waals surface area (Å²) >= 11 is 0. The molecule has 4 heteroatoms. The summed E-state index contributed by atoms with van der Waals surface area (Å²) in [7, 11) is 0. The number of rotatable bonds is 3. The average Bonchev–Trinajstić information content (AvgIpc) is 2.62. The van der Waals surface area contributed by atoms with E-state index in [9.17, 15) is 0 Å². The van der Waals surface area contributed by atoms with Gasteiger partial charge in [-0.1, -0.05) is 0 Å². The summed E-state index contributed by atoms with van der Waals surface area (Å²) in [6.45, 7) is 5.92. The van der Waals surface area contributed by atoms with E-state index in [1.807, 2.05) is 39.1 Å². The molecule has 3 N–H and O–H groups in total. The van der Waals surface area contributed by atoms with Crippen LogP contribution in [0.3, 0.4) is 0 Å². The summed E-state index contributed by atoms with van der Waals surface area (Å²) in [4.78, 5) is 4.15. The smallest absolute Gasteiger partial charge is 0.106 e. The Morgan fingerprint density at radius 3 is 2.59 bits per heavy atom. The van der Waals surface area contributed by atoms with Crippen molar-refractivity contribution >= 4 is 0 Å². The number of furan rings is 1. The van der Waals surface area contributed by atoms with Crippen molar-refractivity contribution < 1.29 is 4.42 Å². The van der Waals surface area contributed by atoms with Gasteiger partial charge in [-0.2, -0.15) is 0 Å². The van der Waals surface area contributed by atoms with Gasteiger partial charge in [-0.15, -0.1) is 0 Å². The molecule has 4 nitrogen and oxygen atoms in total.